The van der Waals surface area contributed by atoms with Crippen LogP contribution in [0.2, 0.25) is 0 Å². The molecule has 3 heteroatoms. The molecule has 0 aliphatic carbocycles. The van der Waals surface area contributed by atoms with Gasteiger partial charge in [-0.1, -0.05) is 70.2 Å². The lowest BCUT2D eigenvalue weighted by Gasteiger charge is -2.19. The number of rotatable bonds is 5. The molecule has 0 bridgehead atoms. The standard InChI is InChI=1S/C24H26N2O/c1-16(2)20-11-6-12-21(17(3)4)24(20)26-22(27)14-13-19-9-5-8-18-10-7-15-25-23(18)19/h5-17H,1-4H3,(H,26,27)/b14-13+. The van der Waals surface area contributed by atoms with Crippen molar-refractivity contribution in [3.05, 3.63) is 77.5 Å². The van der Waals surface area contributed by atoms with Gasteiger partial charge in [-0.2, -0.15) is 0 Å². The summed E-state index contributed by atoms with van der Waals surface area (Å²) in [6.07, 6.45) is 5.19. The van der Waals surface area contributed by atoms with Crippen molar-refractivity contribution in [1.82, 2.24) is 4.98 Å². The average molecular weight is 358 g/mol. The van der Waals surface area contributed by atoms with Crippen molar-refractivity contribution in [3.8, 4) is 0 Å². The summed E-state index contributed by atoms with van der Waals surface area (Å²) in [5.74, 6) is 0.549. The number of aromatic nitrogens is 1. The van der Waals surface area contributed by atoms with E-state index in [0.717, 1.165) is 33.3 Å². The highest BCUT2D eigenvalue weighted by Gasteiger charge is 2.15. The normalized spacial score (nSPS) is 11.6. The molecule has 3 nitrogen and oxygen atoms in total. The number of hydrogen-bond acceptors (Lipinski definition) is 2. The Bertz CT molecular complexity index is 955. The Balaban J connectivity index is 1.89. The van der Waals surface area contributed by atoms with Crippen LogP contribution in [0.4, 0.5) is 5.69 Å². The third kappa shape index (κ3) is 4.25. The van der Waals surface area contributed by atoms with Crippen LogP contribution >= 0.6 is 0 Å². The number of nitrogens with zero attached hydrogens (tertiary/aromatic N) is 1. The number of carbonyl (C=O) groups is 1. The van der Waals surface area contributed by atoms with Crippen LogP contribution in [0.25, 0.3) is 17.0 Å². The number of pyridine rings is 1. The Morgan fingerprint density at radius 2 is 1.56 bits per heavy atom. The molecule has 1 heterocycles. The van der Waals surface area contributed by atoms with E-state index in [2.05, 4.69) is 56.2 Å². The van der Waals surface area contributed by atoms with Crippen LogP contribution < -0.4 is 5.32 Å². The second kappa shape index (κ2) is 8.17. The fourth-order valence-corrected chi connectivity index (χ4v) is 3.29. The number of hydrogen-bond donors (Lipinski definition) is 1. The van der Waals surface area contributed by atoms with Gasteiger partial charge in [-0.3, -0.25) is 9.78 Å². The van der Waals surface area contributed by atoms with Gasteiger partial charge < -0.3 is 5.32 Å². The molecule has 27 heavy (non-hydrogen) atoms. The zero-order valence-corrected chi connectivity index (χ0v) is 16.4. The van der Waals surface area contributed by atoms with E-state index >= 15 is 0 Å². The van der Waals surface area contributed by atoms with Crippen molar-refractivity contribution >= 4 is 28.6 Å². The molecule has 3 aromatic rings. The van der Waals surface area contributed by atoms with E-state index in [1.165, 1.54) is 0 Å². The van der Waals surface area contributed by atoms with Gasteiger partial charge in [0.25, 0.3) is 0 Å². The molecule has 0 aliphatic rings. The molecule has 0 unspecified atom stereocenters. The fourth-order valence-electron chi connectivity index (χ4n) is 3.29. The Hall–Kier alpha value is -2.94. The van der Waals surface area contributed by atoms with Gasteiger partial charge in [-0.15, -0.1) is 0 Å². The molecule has 1 N–H and O–H groups in total. The summed E-state index contributed by atoms with van der Waals surface area (Å²) >= 11 is 0. The first-order valence-corrected chi connectivity index (χ1v) is 9.43. The molecule has 0 saturated heterocycles. The predicted octanol–water partition coefficient (Wildman–Crippen LogP) is 6.13. The van der Waals surface area contributed by atoms with Crippen molar-refractivity contribution in [1.29, 1.82) is 0 Å². The van der Waals surface area contributed by atoms with Crippen molar-refractivity contribution in [3.63, 3.8) is 0 Å². The van der Waals surface area contributed by atoms with E-state index in [4.69, 9.17) is 0 Å². The molecule has 0 atom stereocenters. The van der Waals surface area contributed by atoms with Crippen LogP contribution in [0.15, 0.2) is 60.8 Å². The van der Waals surface area contributed by atoms with Crippen molar-refractivity contribution in [2.45, 2.75) is 39.5 Å². The molecule has 2 aromatic carbocycles. The molecule has 1 amide bonds. The first-order chi connectivity index (χ1) is 13.0. The molecule has 1 aromatic heterocycles. The number of carbonyl (C=O) groups excluding carboxylic acids is 1. The number of benzene rings is 2. The van der Waals surface area contributed by atoms with Crippen molar-refractivity contribution in [2.24, 2.45) is 0 Å². The lowest BCUT2D eigenvalue weighted by molar-refractivity contribution is -0.111. The van der Waals surface area contributed by atoms with Gasteiger partial charge >= 0.3 is 0 Å². The SMILES string of the molecule is CC(C)c1cccc(C(C)C)c1NC(=O)/C=C/c1cccc2cccnc12. The summed E-state index contributed by atoms with van der Waals surface area (Å²) in [5, 5.41) is 4.18. The minimum atomic E-state index is -0.127. The van der Waals surface area contributed by atoms with Crippen LogP contribution in [0.5, 0.6) is 0 Å². The van der Waals surface area contributed by atoms with Crippen LogP contribution in [-0.2, 0) is 4.79 Å². The van der Waals surface area contributed by atoms with Gasteiger partial charge in [0.2, 0.25) is 5.91 Å². The molecule has 3 rings (SSSR count). The quantitative estimate of drug-likeness (QED) is 0.557. The molecular formula is C24H26N2O. The molecular weight excluding hydrogens is 332 g/mol. The zero-order valence-electron chi connectivity index (χ0n) is 16.4. The smallest absolute Gasteiger partial charge is 0.248 e. The Labute approximate surface area is 161 Å². The number of amides is 1. The summed E-state index contributed by atoms with van der Waals surface area (Å²) in [6.45, 7) is 8.58. The summed E-state index contributed by atoms with van der Waals surface area (Å²) in [6, 6.07) is 16.2. The molecule has 0 fully saturated rings. The Kier molecular flexibility index (Phi) is 5.70. The zero-order chi connectivity index (χ0) is 19.4. The van der Waals surface area contributed by atoms with Crippen molar-refractivity contribution < 1.29 is 4.79 Å². The highest BCUT2D eigenvalue weighted by molar-refractivity contribution is 6.04. The fraction of sp³-hybridized carbons (Fsp3) is 0.250. The minimum Gasteiger partial charge on any atom is -0.322 e. The predicted molar refractivity (Wildman–Crippen MR) is 114 cm³/mol. The maximum atomic E-state index is 12.7. The average Bonchev–Trinajstić information content (AvgIpc) is 2.66. The monoisotopic (exact) mass is 358 g/mol. The topological polar surface area (TPSA) is 42.0 Å². The number of fused-ring (bicyclic) bond motifs is 1. The highest BCUT2D eigenvalue weighted by Crippen LogP contribution is 2.32. The van der Waals surface area contributed by atoms with Gasteiger partial charge in [0, 0.05) is 28.9 Å². The van der Waals surface area contributed by atoms with Crippen LogP contribution in [0.3, 0.4) is 0 Å². The van der Waals surface area contributed by atoms with Gasteiger partial charge in [0.05, 0.1) is 5.52 Å². The summed E-state index contributed by atoms with van der Waals surface area (Å²) in [7, 11) is 0. The van der Waals surface area contributed by atoms with E-state index < -0.39 is 0 Å². The van der Waals surface area contributed by atoms with Gasteiger partial charge in [0.15, 0.2) is 0 Å². The first kappa shape index (κ1) is 18.8. The molecule has 0 aliphatic heterocycles. The maximum Gasteiger partial charge on any atom is 0.248 e. The second-order valence-corrected chi connectivity index (χ2v) is 7.37. The third-order valence-corrected chi connectivity index (χ3v) is 4.70. The highest BCUT2D eigenvalue weighted by atomic mass is 16.1. The Morgan fingerprint density at radius 3 is 2.22 bits per heavy atom. The number of para-hydroxylation sites is 2. The van der Waals surface area contributed by atoms with Gasteiger partial charge in [-0.25, -0.2) is 0 Å². The number of anilines is 1. The molecule has 138 valence electrons. The number of nitrogens with one attached hydrogen (secondary N) is 1. The minimum absolute atomic E-state index is 0.127. The van der Waals surface area contributed by atoms with Gasteiger partial charge in [-0.05, 0) is 35.1 Å². The molecule has 0 saturated carbocycles. The second-order valence-electron chi connectivity index (χ2n) is 7.37. The lowest BCUT2D eigenvalue weighted by Crippen LogP contribution is -2.13. The summed E-state index contributed by atoms with van der Waals surface area (Å²) < 4.78 is 0. The van der Waals surface area contributed by atoms with Gasteiger partial charge in [0.1, 0.15) is 0 Å². The summed E-state index contributed by atoms with van der Waals surface area (Å²) in [4.78, 5) is 17.1. The van der Waals surface area contributed by atoms with E-state index in [-0.39, 0.29) is 5.91 Å². The van der Waals surface area contributed by atoms with E-state index in [0.29, 0.717) is 11.8 Å². The van der Waals surface area contributed by atoms with Crippen LogP contribution in [-0.4, -0.2) is 10.9 Å². The molecule has 0 spiro atoms. The maximum absolute atomic E-state index is 12.7. The van der Waals surface area contributed by atoms with E-state index in [9.17, 15) is 4.79 Å². The lowest BCUT2D eigenvalue weighted by atomic mass is 9.92. The summed E-state index contributed by atoms with van der Waals surface area (Å²) in [5.41, 5.74) is 5.09. The van der Waals surface area contributed by atoms with Crippen molar-refractivity contribution in [2.75, 3.05) is 5.32 Å². The van der Waals surface area contributed by atoms with E-state index in [1.807, 2.05) is 36.4 Å². The van der Waals surface area contributed by atoms with E-state index in [1.54, 1.807) is 12.3 Å². The Morgan fingerprint density at radius 1 is 0.926 bits per heavy atom. The largest absolute Gasteiger partial charge is 0.322 e. The third-order valence-electron chi connectivity index (χ3n) is 4.70. The van der Waals surface area contributed by atoms with Crippen LogP contribution in [0, 0.1) is 0 Å². The molecule has 0 radical (unpaired) electrons. The first-order valence-electron chi connectivity index (χ1n) is 9.43. The van der Waals surface area contributed by atoms with Crippen LogP contribution in [0.1, 0.15) is 56.2 Å².